The van der Waals surface area contributed by atoms with Crippen molar-refractivity contribution in [2.45, 2.75) is 4.21 Å². The van der Waals surface area contributed by atoms with Crippen LogP contribution < -0.4 is 11.2 Å². The average molecular weight is 426 g/mol. The van der Waals surface area contributed by atoms with E-state index in [0.717, 1.165) is 9.77 Å². The molecule has 0 unspecified atom stereocenters. The first-order chi connectivity index (χ1) is 14.2. The molecule has 0 saturated heterocycles. The summed E-state index contributed by atoms with van der Waals surface area (Å²) in [5, 5.41) is 21.3. The van der Waals surface area contributed by atoms with E-state index < -0.39 is 5.91 Å². The summed E-state index contributed by atoms with van der Waals surface area (Å²) in [6.07, 6.45) is 3.57. The zero-order chi connectivity index (χ0) is 20.2. The van der Waals surface area contributed by atoms with Crippen LogP contribution in [0.4, 0.5) is 5.82 Å². The highest BCUT2D eigenvalue weighted by Gasteiger charge is 2.24. The molecule has 0 bridgehead atoms. The molecule has 1 amide bonds. The number of nitrogen functional groups attached to an aromatic ring is 1. The van der Waals surface area contributed by atoms with Crippen LogP contribution in [0.1, 0.15) is 16.1 Å². The molecule has 0 atom stereocenters. The van der Waals surface area contributed by atoms with Crippen molar-refractivity contribution >= 4 is 41.0 Å². The minimum atomic E-state index is -0.526. The number of hydrogen-bond donors (Lipinski definition) is 2. The van der Waals surface area contributed by atoms with Crippen molar-refractivity contribution in [1.29, 1.82) is 0 Å². The van der Waals surface area contributed by atoms with E-state index in [-0.39, 0.29) is 17.3 Å². The smallest absolute Gasteiger partial charge is 0.294 e. The Morgan fingerprint density at radius 2 is 2.14 bits per heavy atom. The first kappa shape index (κ1) is 18.8. The number of aromatic nitrogens is 5. The van der Waals surface area contributed by atoms with Gasteiger partial charge in [-0.05, 0) is 28.0 Å². The second kappa shape index (κ2) is 8.24. The number of nitrogens with one attached hydrogen (secondary N) is 1. The van der Waals surface area contributed by atoms with Crippen molar-refractivity contribution in [3.05, 3.63) is 53.0 Å². The van der Waals surface area contributed by atoms with E-state index in [2.05, 4.69) is 35.8 Å². The maximum absolute atomic E-state index is 12.8. The topological polar surface area (TPSA) is 137 Å². The van der Waals surface area contributed by atoms with Crippen LogP contribution in [0.5, 0.6) is 0 Å². The lowest BCUT2D eigenvalue weighted by atomic mass is 10.1. The lowest BCUT2D eigenvalue weighted by Crippen LogP contribution is -2.19. The Labute approximate surface area is 172 Å². The molecule has 4 aromatic rings. The number of hydrazone groups is 1. The predicted molar refractivity (Wildman–Crippen MR) is 110 cm³/mol. The zero-order valence-corrected chi connectivity index (χ0v) is 16.6. The Morgan fingerprint density at radius 1 is 1.31 bits per heavy atom. The van der Waals surface area contributed by atoms with Gasteiger partial charge in [0.2, 0.25) is 11.6 Å². The van der Waals surface area contributed by atoms with E-state index in [9.17, 15) is 4.79 Å². The monoisotopic (exact) mass is 426 g/mol. The molecule has 3 N–H and O–H groups in total. The minimum absolute atomic E-state index is 0.0270. The Bertz CT molecular complexity index is 1170. The van der Waals surface area contributed by atoms with Gasteiger partial charge in [-0.2, -0.15) is 9.78 Å². The van der Waals surface area contributed by atoms with Crippen LogP contribution in [0, 0.1) is 0 Å². The number of nitrogens with two attached hydrogens (primary N) is 1. The molecule has 29 heavy (non-hydrogen) atoms. The highest BCUT2D eigenvalue weighted by atomic mass is 32.2. The summed E-state index contributed by atoms with van der Waals surface area (Å²) < 4.78 is 7.06. The van der Waals surface area contributed by atoms with Crippen LogP contribution in [-0.2, 0) is 0 Å². The van der Waals surface area contributed by atoms with Crippen LogP contribution >= 0.6 is 23.1 Å². The third kappa shape index (κ3) is 3.75. The van der Waals surface area contributed by atoms with E-state index in [1.165, 1.54) is 4.68 Å². The van der Waals surface area contributed by atoms with Crippen LogP contribution in [0.3, 0.4) is 0 Å². The molecule has 0 saturated carbocycles. The molecule has 10 nitrogen and oxygen atoms in total. The fraction of sp³-hybridized carbons (Fsp3) is 0.0588. The van der Waals surface area contributed by atoms with Crippen LogP contribution in [0.25, 0.3) is 17.1 Å². The van der Waals surface area contributed by atoms with Gasteiger partial charge in [0.15, 0.2) is 5.69 Å². The van der Waals surface area contributed by atoms with Gasteiger partial charge in [0, 0.05) is 11.1 Å². The Hall–Kier alpha value is -3.51. The number of thioether (sulfide) groups is 1. The third-order valence-electron chi connectivity index (χ3n) is 3.84. The van der Waals surface area contributed by atoms with Gasteiger partial charge in [-0.1, -0.05) is 35.5 Å². The average Bonchev–Trinajstić information content (AvgIpc) is 3.47. The first-order valence-corrected chi connectivity index (χ1v) is 10.3. The number of nitrogens with zero attached hydrogens (tertiary/aromatic N) is 6. The predicted octanol–water partition coefficient (Wildman–Crippen LogP) is 2.45. The van der Waals surface area contributed by atoms with Crippen molar-refractivity contribution in [3.63, 3.8) is 0 Å². The number of carbonyl (C=O) groups excluding carboxylic acids is 1. The largest absolute Gasteiger partial charge is 0.378 e. The van der Waals surface area contributed by atoms with E-state index in [0.29, 0.717) is 11.3 Å². The number of benzene rings is 1. The van der Waals surface area contributed by atoms with Crippen molar-refractivity contribution in [2.75, 3.05) is 12.0 Å². The van der Waals surface area contributed by atoms with Gasteiger partial charge in [-0.3, -0.25) is 4.79 Å². The first-order valence-electron chi connectivity index (χ1n) is 8.23. The molecule has 12 heteroatoms. The molecule has 0 spiro atoms. The minimum Gasteiger partial charge on any atom is -0.378 e. The molecule has 1 aromatic carbocycles. The lowest BCUT2D eigenvalue weighted by Gasteiger charge is -2.05. The van der Waals surface area contributed by atoms with Crippen LogP contribution in [-0.4, -0.2) is 43.7 Å². The molecular weight excluding hydrogens is 412 g/mol. The summed E-state index contributed by atoms with van der Waals surface area (Å²) in [6.45, 7) is 0. The second-order valence-corrected chi connectivity index (χ2v) is 7.60. The summed E-state index contributed by atoms with van der Waals surface area (Å²) in [5.74, 6) is -0.358. The summed E-state index contributed by atoms with van der Waals surface area (Å²) in [6, 6.07) is 11.1. The van der Waals surface area contributed by atoms with Crippen molar-refractivity contribution in [3.8, 4) is 17.1 Å². The molecule has 3 aromatic heterocycles. The standard InChI is InChI=1S/C17H14N8O2S2/c1-28-17-11(7-8-29-17)9-19-21-16(26)12-13(10-5-3-2-4-6-10)25(24-20-12)15-14(18)22-27-23-15/h2-9H,1H3,(H2,18,22)(H,21,26). The molecule has 146 valence electrons. The van der Waals surface area contributed by atoms with E-state index >= 15 is 0 Å². The number of thiophene rings is 1. The maximum Gasteiger partial charge on any atom is 0.294 e. The van der Waals surface area contributed by atoms with Crippen LogP contribution in [0.15, 0.2) is 55.7 Å². The number of carbonyl (C=O) groups is 1. The molecule has 0 fully saturated rings. The van der Waals surface area contributed by atoms with E-state index in [1.54, 1.807) is 29.3 Å². The highest BCUT2D eigenvalue weighted by molar-refractivity contribution is 8.00. The third-order valence-corrected chi connectivity index (χ3v) is 5.96. The summed E-state index contributed by atoms with van der Waals surface area (Å²) in [7, 11) is 0. The number of amides is 1. The second-order valence-electron chi connectivity index (χ2n) is 5.60. The van der Waals surface area contributed by atoms with Gasteiger partial charge < -0.3 is 5.73 Å². The van der Waals surface area contributed by atoms with Crippen molar-refractivity contribution < 1.29 is 9.42 Å². The Kier molecular flexibility index (Phi) is 5.35. The molecule has 4 rings (SSSR count). The quantitative estimate of drug-likeness (QED) is 0.272. The number of hydrogen-bond acceptors (Lipinski definition) is 10. The van der Waals surface area contributed by atoms with E-state index in [4.69, 9.17) is 5.73 Å². The van der Waals surface area contributed by atoms with Gasteiger partial charge in [0.25, 0.3) is 5.91 Å². The summed E-state index contributed by atoms with van der Waals surface area (Å²) in [5.41, 5.74) is 10.3. The van der Waals surface area contributed by atoms with Crippen molar-refractivity contribution in [2.24, 2.45) is 5.10 Å². The highest BCUT2D eigenvalue weighted by Crippen LogP contribution is 2.27. The van der Waals surface area contributed by atoms with Gasteiger partial charge >= 0.3 is 0 Å². The fourth-order valence-electron chi connectivity index (χ4n) is 2.56. The van der Waals surface area contributed by atoms with Gasteiger partial charge in [0.05, 0.1) is 10.4 Å². The fourth-order valence-corrected chi connectivity index (χ4v) is 4.06. The van der Waals surface area contributed by atoms with Gasteiger partial charge in [-0.25, -0.2) is 10.1 Å². The van der Waals surface area contributed by atoms with Gasteiger partial charge in [-0.15, -0.1) is 28.2 Å². The molecule has 0 radical (unpaired) electrons. The molecule has 3 heterocycles. The number of anilines is 1. The molecule has 0 aliphatic heterocycles. The molecule has 0 aliphatic rings. The number of rotatable bonds is 6. The van der Waals surface area contributed by atoms with Crippen LogP contribution in [0.2, 0.25) is 0 Å². The van der Waals surface area contributed by atoms with Crippen molar-refractivity contribution in [1.82, 2.24) is 30.7 Å². The maximum atomic E-state index is 12.8. The van der Waals surface area contributed by atoms with E-state index in [1.807, 2.05) is 48.0 Å². The molecular formula is C17H14N8O2S2. The normalized spacial score (nSPS) is 11.2. The summed E-state index contributed by atoms with van der Waals surface area (Å²) in [4.78, 5) is 12.8. The zero-order valence-electron chi connectivity index (χ0n) is 15.0. The summed E-state index contributed by atoms with van der Waals surface area (Å²) >= 11 is 3.22. The Balaban J connectivity index is 1.67. The molecule has 0 aliphatic carbocycles. The van der Waals surface area contributed by atoms with Gasteiger partial charge in [0.1, 0.15) is 5.69 Å². The SMILES string of the molecule is CSc1sccc1C=NNC(=O)c1nnn(-c2nonc2N)c1-c1ccccc1. The lowest BCUT2D eigenvalue weighted by molar-refractivity contribution is 0.0950. The Morgan fingerprint density at radius 3 is 2.86 bits per heavy atom.